The van der Waals surface area contributed by atoms with Crippen molar-refractivity contribution in [2.45, 2.75) is 19.9 Å². The van der Waals surface area contributed by atoms with Crippen LogP contribution in [0.4, 0.5) is 0 Å². The van der Waals surface area contributed by atoms with Gasteiger partial charge in [0.1, 0.15) is 0 Å². The summed E-state index contributed by atoms with van der Waals surface area (Å²) in [4.78, 5) is 28.8. The van der Waals surface area contributed by atoms with Gasteiger partial charge in [-0.3, -0.25) is 14.2 Å². The van der Waals surface area contributed by atoms with Gasteiger partial charge < -0.3 is 10.3 Å². The molecule has 0 saturated carbocycles. The van der Waals surface area contributed by atoms with E-state index in [1.54, 1.807) is 18.2 Å². The molecule has 0 unspecified atom stereocenters. The number of thiophene rings is 1. The molecule has 25 heavy (non-hydrogen) atoms. The van der Waals surface area contributed by atoms with E-state index in [-0.39, 0.29) is 11.5 Å². The Morgan fingerprint density at radius 1 is 1.36 bits per heavy atom. The molecule has 0 bridgehead atoms. The summed E-state index contributed by atoms with van der Waals surface area (Å²) in [5, 5.41) is 3.39. The monoisotopic (exact) mass is 393 g/mol. The lowest BCUT2D eigenvalue weighted by molar-refractivity contribution is 0.0954. The Morgan fingerprint density at radius 2 is 2.16 bits per heavy atom. The number of nitrogens with zero attached hydrogens (tertiary/aromatic N) is 1. The first-order chi connectivity index (χ1) is 12.0. The van der Waals surface area contributed by atoms with Gasteiger partial charge in [0.25, 0.3) is 11.5 Å². The van der Waals surface area contributed by atoms with Gasteiger partial charge >= 0.3 is 0 Å². The standard InChI is InChI=1S/C17H16ClN3O2S2/c1-2-21-16(23)12-5-3-10(9-13(12)20-17(21)24)15(22)19-8-7-11-4-6-14(18)25-11/h3-6,9H,2,7-8H2,1H3,(H,19,22)(H,20,24). The highest BCUT2D eigenvalue weighted by molar-refractivity contribution is 7.71. The van der Waals surface area contributed by atoms with E-state index in [1.165, 1.54) is 15.9 Å². The minimum absolute atomic E-state index is 0.150. The second-order valence-corrected chi connectivity index (χ2v) is 7.64. The molecule has 3 aromatic rings. The van der Waals surface area contributed by atoms with Crippen LogP contribution in [0.25, 0.3) is 10.9 Å². The number of benzene rings is 1. The highest BCUT2D eigenvalue weighted by Crippen LogP contribution is 2.21. The highest BCUT2D eigenvalue weighted by Gasteiger charge is 2.10. The number of fused-ring (bicyclic) bond motifs is 1. The summed E-state index contributed by atoms with van der Waals surface area (Å²) in [6.45, 7) is 2.87. The molecular formula is C17H16ClN3O2S2. The van der Waals surface area contributed by atoms with Gasteiger partial charge in [-0.15, -0.1) is 11.3 Å². The van der Waals surface area contributed by atoms with Gasteiger partial charge in [0, 0.05) is 23.5 Å². The maximum atomic E-state index is 12.4. The first kappa shape index (κ1) is 17.8. The lowest BCUT2D eigenvalue weighted by atomic mass is 10.1. The van der Waals surface area contributed by atoms with Gasteiger partial charge in [0.05, 0.1) is 15.2 Å². The molecule has 8 heteroatoms. The molecule has 0 saturated heterocycles. The summed E-state index contributed by atoms with van der Waals surface area (Å²) < 4.78 is 2.58. The summed E-state index contributed by atoms with van der Waals surface area (Å²) in [5.41, 5.74) is 0.899. The quantitative estimate of drug-likeness (QED) is 0.648. The number of hydrogen-bond donors (Lipinski definition) is 2. The molecule has 0 radical (unpaired) electrons. The van der Waals surface area contributed by atoms with Crippen LogP contribution in [0.3, 0.4) is 0 Å². The van der Waals surface area contributed by atoms with Crippen molar-refractivity contribution in [3.05, 3.63) is 60.2 Å². The second kappa shape index (κ2) is 7.51. The van der Waals surface area contributed by atoms with Crippen LogP contribution < -0.4 is 10.9 Å². The number of amides is 1. The number of hydrogen-bond acceptors (Lipinski definition) is 4. The Bertz CT molecular complexity index is 1050. The average Bonchev–Trinajstić information content (AvgIpc) is 3.00. The minimum Gasteiger partial charge on any atom is -0.352 e. The summed E-state index contributed by atoms with van der Waals surface area (Å²) >= 11 is 12.6. The van der Waals surface area contributed by atoms with Crippen molar-refractivity contribution in [2.24, 2.45) is 0 Å². The number of aromatic nitrogens is 2. The lowest BCUT2D eigenvalue weighted by Gasteiger charge is -2.08. The molecule has 1 aromatic carbocycles. The van der Waals surface area contributed by atoms with Gasteiger partial charge in [-0.2, -0.15) is 0 Å². The Labute approximate surface area is 158 Å². The molecule has 0 aliphatic rings. The van der Waals surface area contributed by atoms with E-state index in [2.05, 4.69) is 10.3 Å². The first-order valence-electron chi connectivity index (χ1n) is 7.79. The average molecular weight is 394 g/mol. The van der Waals surface area contributed by atoms with E-state index >= 15 is 0 Å². The molecule has 0 aliphatic carbocycles. The molecule has 1 amide bonds. The SMILES string of the molecule is CCn1c(=S)[nH]c2cc(C(=O)NCCc3ccc(Cl)s3)ccc2c1=O. The van der Waals surface area contributed by atoms with E-state index in [9.17, 15) is 9.59 Å². The summed E-state index contributed by atoms with van der Waals surface area (Å²) in [5.74, 6) is -0.191. The molecular weight excluding hydrogens is 378 g/mol. The van der Waals surface area contributed by atoms with E-state index in [0.29, 0.717) is 34.3 Å². The van der Waals surface area contributed by atoms with Gasteiger partial charge in [-0.25, -0.2) is 0 Å². The molecule has 0 spiro atoms. The number of carbonyl (C=O) groups excluding carboxylic acids is 1. The third kappa shape index (κ3) is 3.84. The van der Waals surface area contributed by atoms with Crippen LogP contribution in [0.1, 0.15) is 22.2 Å². The topological polar surface area (TPSA) is 66.9 Å². The Kier molecular flexibility index (Phi) is 5.36. The maximum Gasteiger partial charge on any atom is 0.262 e. The Hall–Kier alpha value is -1.96. The minimum atomic E-state index is -0.191. The zero-order chi connectivity index (χ0) is 18.0. The number of nitrogens with one attached hydrogen (secondary N) is 2. The molecule has 130 valence electrons. The van der Waals surface area contributed by atoms with Crippen molar-refractivity contribution in [1.29, 1.82) is 0 Å². The van der Waals surface area contributed by atoms with Gasteiger partial charge in [0.15, 0.2) is 4.77 Å². The van der Waals surface area contributed by atoms with Crippen molar-refractivity contribution in [1.82, 2.24) is 14.9 Å². The molecule has 2 N–H and O–H groups in total. The van der Waals surface area contributed by atoms with Crippen molar-refractivity contribution in [3.63, 3.8) is 0 Å². The molecule has 0 atom stereocenters. The fraction of sp³-hybridized carbons (Fsp3) is 0.235. The fourth-order valence-electron chi connectivity index (χ4n) is 2.57. The van der Waals surface area contributed by atoms with Gasteiger partial charge in [-0.05, 0) is 55.9 Å². The van der Waals surface area contributed by atoms with Crippen molar-refractivity contribution < 1.29 is 4.79 Å². The number of halogens is 1. The predicted octanol–water partition coefficient (Wildman–Crippen LogP) is 3.77. The number of rotatable bonds is 5. The van der Waals surface area contributed by atoms with E-state index in [4.69, 9.17) is 23.8 Å². The highest BCUT2D eigenvalue weighted by atomic mass is 35.5. The zero-order valence-corrected chi connectivity index (χ0v) is 15.9. The molecule has 0 fully saturated rings. The zero-order valence-electron chi connectivity index (χ0n) is 13.5. The normalized spacial score (nSPS) is 11.0. The van der Waals surface area contributed by atoms with E-state index in [1.807, 2.05) is 19.1 Å². The predicted molar refractivity (Wildman–Crippen MR) is 104 cm³/mol. The molecule has 5 nitrogen and oxygen atoms in total. The van der Waals surface area contributed by atoms with Crippen LogP contribution in [-0.2, 0) is 13.0 Å². The Balaban J connectivity index is 1.78. The maximum absolute atomic E-state index is 12.4. The van der Waals surface area contributed by atoms with Crippen LogP contribution in [0.2, 0.25) is 4.34 Å². The number of aromatic amines is 1. The van der Waals surface area contributed by atoms with E-state index in [0.717, 1.165) is 15.6 Å². The Morgan fingerprint density at radius 3 is 2.84 bits per heavy atom. The smallest absolute Gasteiger partial charge is 0.262 e. The molecule has 3 rings (SSSR count). The van der Waals surface area contributed by atoms with Crippen LogP contribution in [-0.4, -0.2) is 22.0 Å². The van der Waals surface area contributed by atoms with E-state index < -0.39 is 0 Å². The van der Waals surface area contributed by atoms with Crippen LogP contribution in [0.15, 0.2) is 35.1 Å². The van der Waals surface area contributed by atoms with Crippen LogP contribution in [0.5, 0.6) is 0 Å². The third-order valence-electron chi connectivity index (χ3n) is 3.85. The molecule has 0 aliphatic heterocycles. The fourth-order valence-corrected chi connectivity index (χ4v) is 3.98. The van der Waals surface area contributed by atoms with Gasteiger partial charge in [0.2, 0.25) is 0 Å². The molecule has 2 aromatic heterocycles. The van der Waals surface area contributed by atoms with Crippen LogP contribution >= 0.6 is 35.2 Å². The summed E-state index contributed by atoms with van der Waals surface area (Å²) in [6.07, 6.45) is 0.723. The first-order valence-corrected chi connectivity index (χ1v) is 9.39. The number of carbonyl (C=O) groups is 1. The molecule has 2 heterocycles. The summed E-state index contributed by atoms with van der Waals surface area (Å²) in [6, 6.07) is 8.76. The summed E-state index contributed by atoms with van der Waals surface area (Å²) in [7, 11) is 0. The van der Waals surface area contributed by atoms with Crippen molar-refractivity contribution in [3.8, 4) is 0 Å². The van der Waals surface area contributed by atoms with Crippen LogP contribution in [0, 0.1) is 4.77 Å². The largest absolute Gasteiger partial charge is 0.352 e. The second-order valence-electron chi connectivity index (χ2n) is 5.45. The van der Waals surface area contributed by atoms with Crippen molar-refractivity contribution >= 4 is 52.0 Å². The van der Waals surface area contributed by atoms with Crippen molar-refractivity contribution in [2.75, 3.05) is 6.54 Å². The lowest BCUT2D eigenvalue weighted by Crippen LogP contribution is -2.26. The number of H-pyrrole nitrogens is 1. The third-order valence-corrected chi connectivity index (χ3v) is 5.46. The van der Waals surface area contributed by atoms with Gasteiger partial charge in [-0.1, -0.05) is 11.6 Å².